The second kappa shape index (κ2) is 8.07. The molecule has 2 aromatic carbocycles. The lowest BCUT2D eigenvalue weighted by Gasteiger charge is -2.27. The van der Waals surface area contributed by atoms with Crippen LogP contribution in [0.25, 0.3) is 15.8 Å². The molecule has 1 aliphatic heterocycles. The van der Waals surface area contributed by atoms with Crippen LogP contribution in [-0.4, -0.2) is 24.0 Å². The lowest BCUT2D eigenvalue weighted by Crippen LogP contribution is -2.22. The largest absolute Gasteiger partial charge is 0.360 e. The van der Waals surface area contributed by atoms with Crippen LogP contribution in [0.3, 0.4) is 0 Å². The van der Waals surface area contributed by atoms with E-state index in [4.69, 9.17) is 26.2 Å². The van der Waals surface area contributed by atoms with Crippen LogP contribution in [0.2, 0.25) is 5.02 Å². The SMILES string of the molecule is Clc1ccc2c(c1)CN(C1=CC=C1)Cc1nnc(C3CCC(c4nsc5ccccc45)CC3)n1-2. The first-order valence-electron chi connectivity index (χ1n) is 12.0. The molecule has 0 spiro atoms. The molecule has 0 amide bonds. The van der Waals surface area contributed by atoms with E-state index in [-0.39, 0.29) is 0 Å². The van der Waals surface area contributed by atoms with Crippen LogP contribution in [0, 0.1) is 0 Å². The number of fused-ring (bicyclic) bond motifs is 4. The molecule has 1 saturated carbocycles. The number of hydrogen-bond donors (Lipinski definition) is 0. The van der Waals surface area contributed by atoms with Gasteiger partial charge in [-0.25, -0.2) is 0 Å². The molecule has 0 saturated heterocycles. The highest BCUT2D eigenvalue weighted by atomic mass is 35.5. The van der Waals surface area contributed by atoms with Gasteiger partial charge < -0.3 is 4.90 Å². The molecule has 7 heteroatoms. The lowest BCUT2D eigenvalue weighted by molar-refractivity contribution is 0.332. The molecule has 0 atom stereocenters. The molecule has 5 nitrogen and oxygen atoms in total. The monoisotopic (exact) mass is 485 g/mol. The van der Waals surface area contributed by atoms with Crippen molar-refractivity contribution in [2.75, 3.05) is 0 Å². The van der Waals surface area contributed by atoms with Gasteiger partial charge in [-0.05, 0) is 79.2 Å². The molecule has 34 heavy (non-hydrogen) atoms. The first-order chi connectivity index (χ1) is 16.7. The number of halogens is 1. The molecule has 4 aromatic rings. The van der Waals surface area contributed by atoms with E-state index < -0.39 is 0 Å². The molecule has 7 rings (SSSR count). The Labute approximate surface area is 207 Å². The molecule has 0 bridgehead atoms. The van der Waals surface area contributed by atoms with Gasteiger partial charge in [0.15, 0.2) is 5.82 Å². The van der Waals surface area contributed by atoms with E-state index in [1.165, 1.54) is 32.7 Å². The van der Waals surface area contributed by atoms with Crippen LogP contribution in [-0.2, 0) is 13.1 Å². The zero-order valence-corrected chi connectivity index (χ0v) is 20.3. The zero-order valence-electron chi connectivity index (χ0n) is 18.7. The minimum absolute atomic E-state index is 0.403. The molecule has 170 valence electrons. The summed E-state index contributed by atoms with van der Waals surface area (Å²) in [5, 5.41) is 11.6. The van der Waals surface area contributed by atoms with Gasteiger partial charge in [-0.1, -0.05) is 35.9 Å². The Balaban J connectivity index is 1.20. The summed E-state index contributed by atoms with van der Waals surface area (Å²) in [6, 6.07) is 14.8. The van der Waals surface area contributed by atoms with Crippen molar-refractivity contribution in [3.63, 3.8) is 0 Å². The van der Waals surface area contributed by atoms with E-state index in [1.807, 2.05) is 6.07 Å². The Bertz CT molecular complexity index is 1460. The quantitative estimate of drug-likeness (QED) is 0.322. The van der Waals surface area contributed by atoms with Crippen molar-refractivity contribution < 1.29 is 0 Å². The van der Waals surface area contributed by atoms with Crippen LogP contribution in [0.5, 0.6) is 0 Å². The van der Waals surface area contributed by atoms with E-state index in [2.05, 4.69) is 64.1 Å². The highest BCUT2D eigenvalue weighted by Crippen LogP contribution is 2.43. The minimum atomic E-state index is 0.403. The summed E-state index contributed by atoms with van der Waals surface area (Å²) in [4.78, 5) is 2.36. The van der Waals surface area contributed by atoms with Crippen molar-refractivity contribution >= 4 is 33.2 Å². The molecule has 1 fully saturated rings. The summed E-state index contributed by atoms with van der Waals surface area (Å²) in [5.41, 5.74) is 4.91. The van der Waals surface area contributed by atoms with Gasteiger partial charge in [0, 0.05) is 34.5 Å². The average Bonchev–Trinajstić information content (AvgIpc) is 3.39. The predicted octanol–water partition coefficient (Wildman–Crippen LogP) is 6.74. The lowest BCUT2D eigenvalue weighted by atomic mass is 9.79. The molecule has 3 heterocycles. The summed E-state index contributed by atoms with van der Waals surface area (Å²) in [5.74, 6) is 3.03. The summed E-state index contributed by atoms with van der Waals surface area (Å²) in [6.45, 7) is 1.56. The summed E-state index contributed by atoms with van der Waals surface area (Å²) < 4.78 is 8.45. The first kappa shape index (κ1) is 20.4. The summed E-state index contributed by atoms with van der Waals surface area (Å²) >= 11 is 8.04. The smallest absolute Gasteiger partial charge is 0.157 e. The Morgan fingerprint density at radius 2 is 1.76 bits per heavy atom. The Hall–Kier alpha value is -2.96. The number of aromatic nitrogens is 4. The number of rotatable bonds is 3. The third-order valence-corrected chi connectivity index (χ3v) is 8.59. The summed E-state index contributed by atoms with van der Waals surface area (Å²) in [7, 11) is 0. The molecule has 2 aromatic heterocycles. The number of hydrogen-bond acceptors (Lipinski definition) is 5. The van der Waals surface area contributed by atoms with Crippen molar-refractivity contribution in [1.82, 2.24) is 24.0 Å². The standard InChI is InChI=1S/C27H24ClN5S/c28-20-12-13-23-19(14-20)15-32(21-4-3-5-21)16-25-29-30-27(33(23)25)18-10-8-17(9-11-18)26-22-6-1-2-7-24(22)34-31-26/h1-7,12-14,17-18H,8-11,15-16H2. The Kier molecular flexibility index (Phi) is 4.84. The molecule has 2 aliphatic carbocycles. The topological polar surface area (TPSA) is 46.8 Å². The second-order valence-corrected chi connectivity index (χ2v) is 10.7. The van der Waals surface area contributed by atoms with Gasteiger partial charge in [0.1, 0.15) is 5.82 Å². The molecule has 0 radical (unpaired) electrons. The van der Waals surface area contributed by atoms with Crippen LogP contribution < -0.4 is 0 Å². The maximum Gasteiger partial charge on any atom is 0.157 e. The zero-order chi connectivity index (χ0) is 22.6. The Morgan fingerprint density at radius 1 is 0.941 bits per heavy atom. The Morgan fingerprint density at radius 3 is 2.59 bits per heavy atom. The number of nitrogens with zero attached hydrogens (tertiary/aromatic N) is 5. The van der Waals surface area contributed by atoms with Crippen LogP contribution in [0.4, 0.5) is 0 Å². The van der Waals surface area contributed by atoms with Crippen LogP contribution >= 0.6 is 23.1 Å². The summed E-state index contributed by atoms with van der Waals surface area (Å²) in [6.07, 6.45) is 10.9. The maximum atomic E-state index is 6.41. The van der Waals surface area contributed by atoms with Crippen LogP contribution in [0.15, 0.2) is 66.4 Å². The van der Waals surface area contributed by atoms with Gasteiger partial charge in [0.2, 0.25) is 0 Å². The number of benzene rings is 2. The second-order valence-electron chi connectivity index (χ2n) is 9.50. The normalized spacial score (nSPS) is 21.6. The van der Waals surface area contributed by atoms with E-state index in [0.717, 1.165) is 55.4 Å². The highest BCUT2D eigenvalue weighted by molar-refractivity contribution is 7.13. The minimum Gasteiger partial charge on any atom is -0.360 e. The van der Waals surface area contributed by atoms with Gasteiger partial charge in [0.25, 0.3) is 0 Å². The van der Waals surface area contributed by atoms with Gasteiger partial charge in [-0.2, -0.15) is 4.37 Å². The molecular weight excluding hydrogens is 462 g/mol. The van der Waals surface area contributed by atoms with Crippen molar-refractivity contribution in [2.45, 2.75) is 50.6 Å². The van der Waals surface area contributed by atoms with Gasteiger partial charge in [-0.15, -0.1) is 10.2 Å². The maximum absolute atomic E-state index is 6.41. The van der Waals surface area contributed by atoms with Crippen molar-refractivity contribution in [3.05, 3.63) is 94.3 Å². The van der Waals surface area contributed by atoms with Gasteiger partial charge in [-0.3, -0.25) is 4.57 Å². The molecule has 0 unspecified atom stereocenters. The fourth-order valence-electron chi connectivity index (χ4n) is 5.69. The van der Waals surface area contributed by atoms with Crippen molar-refractivity contribution in [2.24, 2.45) is 0 Å². The average molecular weight is 486 g/mol. The van der Waals surface area contributed by atoms with E-state index in [0.29, 0.717) is 11.8 Å². The number of allylic oxidation sites excluding steroid dienone is 3. The fraction of sp³-hybridized carbons (Fsp3) is 0.296. The van der Waals surface area contributed by atoms with Crippen molar-refractivity contribution in [3.8, 4) is 5.69 Å². The van der Waals surface area contributed by atoms with E-state index >= 15 is 0 Å². The molecule has 0 N–H and O–H groups in total. The predicted molar refractivity (Wildman–Crippen MR) is 136 cm³/mol. The highest BCUT2D eigenvalue weighted by Gasteiger charge is 2.32. The third kappa shape index (κ3) is 3.31. The first-order valence-corrected chi connectivity index (χ1v) is 13.1. The van der Waals surface area contributed by atoms with E-state index in [9.17, 15) is 0 Å². The van der Waals surface area contributed by atoms with E-state index in [1.54, 1.807) is 11.5 Å². The van der Waals surface area contributed by atoms with Gasteiger partial charge in [0.05, 0.1) is 22.6 Å². The van der Waals surface area contributed by atoms with Crippen molar-refractivity contribution in [1.29, 1.82) is 0 Å². The molecular formula is C27H24ClN5S. The fourth-order valence-corrected chi connectivity index (χ4v) is 6.74. The van der Waals surface area contributed by atoms with Gasteiger partial charge >= 0.3 is 0 Å². The molecule has 3 aliphatic rings. The van der Waals surface area contributed by atoms with Crippen LogP contribution in [0.1, 0.15) is 60.4 Å². The third-order valence-electron chi connectivity index (χ3n) is 7.51.